The third kappa shape index (κ3) is 7.55. The van der Waals surface area contributed by atoms with Gasteiger partial charge in [-0.1, -0.05) is 85.0 Å². The molecular formula is C33H41N3O4S. The lowest BCUT2D eigenvalue weighted by Crippen LogP contribution is -2.53. The van der Waals surface area contributed by atoms with Crippen molar-refractivity contribution in [1.29, 1.82) is 0 Å². The fraction of sp³-hybridized carbons (Fsp3) is 0.394. The van der Waals surface area contributed by atoms with Gasteiger partial charge in [-0.2, -0.15) is 0 Å². The van der Waals surface area contributed by atoms with Crippen molar-refractivity contribution in [3.63, 3.8) is 0 Å². The van der Waals surface area contributed by atoms with E-state index in [-0.39, 0.29) is 23.4 Å². The second-order valence-electron chi connectivity index (χ2n) is 11.1. The van der Waals surface area contributed by atoms with E-state index in [0.717, 1.165) is 47.9 Å². The first-order valence-electron chi connectivity index (χ1n) is 14.4. The van der Waals surface area contributed by atoms with Crippen molar-refractivity contribution in [2.45, 2.75) is 83.3 Å². The van der Waals surface area contributed by atoms with Crippen LogP contribution in [-0.2, 0) is 26.2 Å². The fourth-order valence-corrected chi connectivity index (χ4v) is 6.83. The van der Waals surface area contributed by atoms with E-state index >= 15 is 0 Å². The maximum absolute atomic E-state index is 14.1. The first-order valence-corrected chi connectivity index (χ1v) is 15.8. The number of hydrogen-bond donors (Lipinski definition) is 1. The van der Waals surface area contributed by atoms with Gasteiger partial charge in [-0.05, 0) is 69.9 Å². The number of anilines is 1. The lowest BCUT2D eigenvalue weighted by molar-refractivity contribution is -0.139. The summed E-state index contributed by atoms with van der Waals surface area (Å²) in [4.78, 5) is 29.2. The molecule has 7 nitrogen and oxygen atoms in total. The van der Waals surface area contributed by atoms with Crippen LogP contribution in [-0.4, -0.2) is 43.8 Å². The highest BCUT2D eigenvalue weighted by molar-refractivity contribution is 7.92. The van der Waals surface area contributed by atoms with E-state index in [2.05, 4.69) is 5.32 Å². The normalized spacial score (nSPS) is 14.7. The minimum Gasteiger partial charge on any atom is -0.352 e. The molecule has 3 aromatic rings. The summed E-state index contributed by atoms with van der Waals surface area (Å²) in [5.41, 5.74) is 4.00. The Morgan fingerprint density at radius 1 is 0.878 bits per heavy atom. The van der Waals surface area contributed by atoms with Gasteiger partial charge < -0.3 is 10.2 Å². The van der Waals surface area contributed by atoms with Crippen molar-refractivity contribution in [2.75, 3.05) is 10.8 Å². The molecule has 1 saturated carbocycles. The number of sulfonamides is 1. The van der Waals surface area contributed by atoms with Crippen molar-refractivity contribution in [3.05, 3.63) is 95.1 Å². The maximum atomic E-state index is 14.1. The molecule has 41 heavy (non-hydrogen) atoms. The smallest absolute Gasteiger partial charge is 0.264 e. The Kier molecular flexibility index (Phi) is 9.86. The van der Waals surface area contributed by atoms with Gasteiger partial charge >= 0.3 is 0 Å². The van der Waals surface area contributed by atoms with Gasteiger partial charge in [0.2, 0.25) is 11.8 Å². The van der Waals surface area contributed by atoms with Crippen LogP contribution in [0.1, 0.15) is 61.3 Å². The molecule has 8 heteroatoms. The lowest BCUT2D eigenvalue weighted by atomic mass is 9.95. The Labute approximate surface area is 244 Å². The minimum absolute atomic E-state index is 0.0972. The molecule has 0 unspecified atom stereocenters. The molecule has 4 rings (SSSR count). The van der Waals surface area contributed by atoms with Gasteiger partial charge in [0.05, 0.1) is 10.6 Å². The highest BCUT2D eigenvalue weighted by Gasteiger charge is 2.33. The van der Waals surface area contributed by atoms with Gasteiger partial charge in [0.25, 0.3) is 10.0 Å². The Morgan fingerprint density at radius 3 is 2.22 bits per heavy atom. The number of nitrogens with one attached hydrogen (secondary N) is 1. The van der Waals surface area contributed by atoms with E-state index in [1.165, 1.54) is 15.6 Å². The number of hydrogen-bond acceptors (Lipinski definition) is 4. The van der Waals surface area contributed by atoms with Crippen LogP contribution < -0.4 is 9.62 Å². The van der Waals surface area contributed by atoms with Crippen LogP contribution in [0.3, 0.4) is 0 Å². The van der Waals surface area contributed by atoms with Crippen molar-refractivity contribution in [3.8, 4) is 0 Å². The molecule has 0 aliphatic heterocycles. The van der Waals surface area contributed by atoms with Crippen molar-refractivity contribution in [1.82, 2.24) is 10.2 Å². The Bertz CT molecular complexity index is 1460. The predicted octanol–water partition coefficient (Wildman–Crippen LogP) is 5.67. The quantitative estimate of drug-likeness (QED) is 0.337. The molecule has 0 heterocycles. The topological polar surface area (TPSA) is 86.8 Å². The molecule has 0 spiro atoms. The highest BCUT2D eigenvalue weighted by atomic mass is 32.2. The second-order valence-corrected chi connectivity index (χ2v) is 13.0. The van der Waals surface area contributed by atoms with E-state index < -0.39 is 28.5 Å². The van der Waals surface area contributed by atoms with Gasteiger partial charge in [0.1, 0.15) is 12.6 Å². The molecule has 0 saturated heterocycles. The van der Waals surface area contributed by atoms with Crippen LogP contribution in [0.4, 0.5) is 5.69 Å². The van der Waals surface area contributed by atoms with Crippen LogP contribution in [0.2, 0.25) is 0 Å². The van der Waals surface area contributed by atoms with E-state index in [9.17, 15) is 18.0 Å². The van der Waals surface area contributed by atoms with Gasteiger partial charge in [0, 0.05) is 12.6 Å². The first-order chi connectivity index (χ1) is 19.6. The van der Waals surface area contributed by atoms with Crippen LogP contribution >= 0.6 is 0 Å². The maximum Gasteiger partial charge on any atom is 0.264 e. The van der Waals surface area contributed by atoms with E-state index in [1.807, 2.05) is 57.2 Å². The summed E-state index contributed by atoms with van der Waals surface area (Å²) in [5.74, 6) is -0.668. The average Bonchev–Trinajstić information content (AvgIpc) is 2.95. The van der Waals surface area contributed by atoms with E-state index in [4.69, 9.17) is 0 Å². The van der Waals surface area contributed by atoms with Gasteiger partial charge in [-0.15, -0.1) is 0 Å². The molecule has 1 atom stereocenters. The molecule has 1 N–H and O–H groups in total. The SMILES string of the molecule is Cc1ccc(S(=O)(=O)N(CC(=O)N(Cc2cccc(C)c2)[C@@H](C)C(=O)NC2CCCCC2)c2ccccc2C)cc1. The van der Waals surface area contributed by atoms with E-state index in [1.54, 1.807) is 43.3 Å². The highest BCUT2D eigenvalue weighted by Crippen LogP contribution is 2.28. The first kappa shape index (κ1) is 30.3. The van der Waals surface area contributed by atoms with Crippen LogP contribution in [0, 0.1) is 20.8 Å². The van der Waals surface area contributed by atoms with Crippen LogP contribution in [0.5, 0.6) is 0 Å². The number of carbonyl (C=O) groups excluding carboxylic acids is 2. The summed E-state index contributed by atoms with van der Waals surface area (Å²) in [5, 5.41) is 3.14. The summed E-state index contributed by atoms with van der Waals surface area (Å²) in [6.45, 7) is 7.16. The van der Waals surface area contributed by atoms with Crippen LogP contribution in [0.15, 0.2) is 77.7 Å². The number of para-hydroxylation sites is 1. The summed E-state index contributed by atoms with van der Waals surface area (Å²) < 4.78 is 29.2. The summed E-state index contributed by atoms with van der Waals surface area (Å²) in [7, 11) is -4.08. The molecule has 2 amide bonds. The molecule has 3 aromatic carbocycles. The Balaban J connectivity index is 1.68. The summed E-state index contributed by atoms with van der Waals surface area (Å²) >= 11 is 0. The molecule has 0 radical (unpaired) electrons. The number of benzene rings is 3. The zero-order valence-electron chi connectivity index (χ0n) is 24.5. The largest absolute Gasteiger partial charge is 0.352 e. The van der Waals surface area contributed by atoms with Crippen LogP contribution in [0.25, 0.3) is 0 Å². The standard InChI is InChI=1S/C33H41N3O4S/c1-24-17-19-30(20-18-24)41(39,40)36(31-16-9-8-12-26(31)3)23-32(37)35(22-28-13-10-11-25(2)21-28)27(4)33(38)34-29-14-6-5-7-15-29/h8-13,16-21,27,29H,5-7,14-15,22-23H2,1-4H3,(H,34,38)/t27-/m0/s1. The summed E-state index contributed by atoms with van der Waals surface area (Å²) in [6, 6.07) is 20.8. The number of rotatable bonds is 10. The molecule has 0 aromatic heterocycles. The van der Waals surface area contributed by atoms with Crippen molar-refractivity contribution < 1.29 is 18.0 Å². The number of carbonyl (C=O) groups is 2. The Morgan fingerprint density at radius 2 is 1.56 bits per heavy atom. The number of nitrogens with zero attached hydrogens (tertiary/aromatic N) is 2. The van der Waals surface area contributed by atoms with Crippen molar-refractivity contribution in [2.24, 2.45) is 0 Å². The summed E-state index contributed by atoms with van der Waals surface area (Å²) in [6.07, 6.45) is 5.19. The van der Waals surface area contributed by atoms with Crippen molar-refractivity contribution >= 4 is 27.5 Å². The third-order valence-electron chi connectivity index (χ3n) is 7.83. The monoisotopic (exact) mass is 575 g/mol. The minimum atomic E-state index is -4.08. The van der Waals surface area contributed by atoms with Gasteiger partial charge in [-0.25, -0.2) is 8.42 Å². The van der Waals surface area contributed by atoms with Gasteiger partial charge in [0.15, 0.2) is 0 Å². The molecule has 1 aliphatic carbocycles. The molecule has 1 fully saturated rings. The second kappa shape index (κ2) is 13.3. The number of amides is 2. The Hall–Kier alpha value is -3.65. The zero-order chi connectivity index (χ0) is 29.6. The zero-order valence-corrected chi connectivity index (χ0v) is 25.3. The number of aryl methyl sites for hydroxylation is 3. The molecule has 1 aliphatic rings. The molecule has 218 valence electrons. The molecule has 0 bridgehead atoms. The van der Waals surface area contributed by atoms with Gasteiger partial charge in [-0.3, -0.25) is 13.9 Å². The molecular weight excluding hydrogens is 534 g/mol. The van der Waals surface area contributed by atoms with E-state index in [0.29, 0.717) is 5.69 Å². The fourth-order valence-electron chi connectivity index (χ4n) is 5.35. The predicted molar refractivity (Wildman–Crippen MR) is 163 cm³/mol. The lowest BCUT2D eigenvalue weighted by Gasteiger charge is -2.33. The third-order valence-corrected chi connectivity index (χ3v) is 9.60. The average molecular weight is 576 g/mol.